The van der Waals surface area contributed by atoms with Crippen LogP contribution < -0.4 is 16.0 Å². The zero-order valence-corrected chi connectivity index (χ0v) is 13.2. The molecule has 6 nitrogen and oxygen atoms in total. The highest BCUT2D eigenvalue weighted by atomic mass is 32.1. The molecule has 2 rings (SSSR count). The molecule has 1 fully saturated rings. The average molecular weight is 297 g/mol. The van der Waals surface area contributed by atoms with E-state index >= 15 is 0 Å². The molecule has 1 atom stereocenters. The molecule has 1 unspecified atom stereocenters. The normalized spacial score (nSPS) is 19.9. The van der Waals surface area contributed by atoms with E-state index in [1.165, 1.54) is 11.3 Å². The number of carbonyl (C=O) groups is 1. The molecular formula is C13H23N5OS. The van der Waals surface area contributed by atoms with Crippen molar-refractivity contribution >= 4 is 28.2 Å². The zero-order chi connectivity index (χ0) is 14.7. The fourth-order valence-electron chi connectivity index (χ4n) is 2.39. The maximum absolute atomic E-state index is 12.3. The standard InChI is InChI=1S/C13H23N5OS/c1-4-18-7-5-6-9(8-18)15-12(19)10-11(14)16-13(20-10)17(2)3/h9H,4-8,14H2,1-3H3,(H,15,19). The number of nitrogens with zero attached hydrogens (tertiary/aromatic N) is 3. The van der Waals surface area contributed by atoms with Crippen molar-refractivity contribution in [3.63, 3.8) is 0 Å². The monoisotopic (exact) mass is 297 g/mol. The van der Waals surface area contributed by atoms with E-state index in [-0.39, 0.29) is 11.9 Å². The fourth-order valence-corrected chi connectivity index (χ4v) is 3.20. The Bertz CT molecular complexity index is 473. The van der Waals surface area contributed by atoms with E-state index in [0.29, 0.717) is 10.7 Å². The number of rotatable bonds is 4. The minimum atomic E-state index is -0.101. The lowest BCUT2D eigenvalue weighted by atomic mass is 10.1. The number of aromatic nitrogens is 1. The maximum Gasteiger partial charge on any atom is 0.265 e. The summed E-state index contributed by atoms with van der Waals surface area (Å²) in [7, 11) is 3.78. The molecule has 1 aromatic rings. The van der Waals surface area contributed by atoms with E-state index in [4.69, 9.17) is 5.73 Å². The molecule has 2 heterocycles. The van der Waals surface area contributed by atoms with Crippen LogP contribution in [0.2, 0.25) is 0 Å². The number of hydrogen-bond donors (Lipinski definition) is 2. The predicted octanol–water partition coefficient (Wildman–Crippen LogP) is 1.01. The van der Waals surface area contributed by atoms with Crippen LogP contribution in [0.1, 0.15) is 29.4 Å². The lowest BCUT2D eigenvalue weighted by Gasteiger charge is -2.32. The van der Waals surface area contributed by atoms with Crippen LogP contribution in [-0.2, 0) is 0 Å². The Balaban J connectivity index is 2.01. The van der Waals surface area contributed by atoms with Crippen LogP contribution in [0.25, 0.3) is 0 Å². The van der Waals surface area contributed by atoms with Crippen LogP contribution in [0.4, 0.5) is 10.9 Å². The molecule has 20 heavy (non-hydrogen) atoms. The van der Waals surface area contributed by atoms with Gasteiger partial charge in [0.05, 0.1) is 0 Å². The third-order valence-corrected chi connectivity index (χ3v) is 4.76. The highest BCUT2D eigenvalue weighted by molar-refractivity contribution is 7.18. The van der Waals surface area contributed by atoms with Gasteiger partial charge in [0.15, 0.2) is 5.13 Å². The van der Waals surface area contributed by atoms with Crippen LogP contribution in [0.5, 0.6) is 0 Å². The maximum atomic E-state index is 12.3. The molecule has 3 N–H and O–H groups in total. The van der Waals surface area contributed by atoms with E-state index in [2.05, 4.69) is 22.1 Å². The van der Waals surface area contributed by atoms with Gasteiger partial charge in [0.1, 0.15) is 10.7 Å². The Morgan fingerprint density at radius 2 is 2.35 bits per heavy atom. The van der Waals surface area contributed by atoms with Gasteiger partial charge in [0, 0.05) is 26.7 Å². The second-order valence-corrected chi connectivity index (χ2v) is 6.29. The first-order chi connectivity index (χ1) is 9.51. The number of anilines is 2. The molecule has 0 aliphatic carbocycles. The highest BCUT2D eigenvalue weighted by Gasteiger charge is 2.23. The van der Waals surface area contributed by atoms with E-state index in [1.54, 1.807) is 0 Å². The number of likely N-dealkylation sites (N-methyl/N-ethyl adjacent to an activating group) is 1. The number of nitrogens with one attached hydrogen (secondary N) is 1. The molecule has 1 amide bonds. The summed E-state index contributed by atoms with van der Waals surface area (Å²) in [6.45, 7) is 5.21. The summed E-state index contributed by atoms with van der Waals surface area (Å²) in [5.41, 5.74) is 5.84. The van der Waals surface area contributed by atoms with Gasteiger partial charge in [-0.25, -0.2) is 4.98 Å². The number of piperidine rings is 1. The minimum Gasteiger partial charge on any atom is -0.382 e. The van der Waals surface area contributed by atoms with Crippen LogP contribution in [-0.4, -0.2) is 55.6 Å². The quantitative estimate of drug-likeness (QED) is 0.867. The summed E-state index contributed by atoms with van der Waals surface area (Å²) in [5, 5.41) is 3.84. The highest BCUT2D eigenvalue weighted by Crippen LogP contribution is 2.26. The third kappa shape index (κ3) is 3.40. The van der Waals surface area contributed by atoms with Gasteiger partial charge in [0.25, 0.3) is 5.91 Å². The van der Waals surface area contributed by atoms with Crippen molar-refractivity contribution in [3.8, 4) is 0 Å². The summed E-state index contributed by atoms with van der Waals surface area (Å²) in [5.74, 6) is 0.218. The van der Waals surface area contributed by atoms with Crippen molar-refractivity contribution in [1.29, 1.82) is 0 Å². The summed E-state index contributed by atoms with van der Waals surface area (Å²) < 4.78 is 0. The fraction of sp³-hybridized carbons (Fsp3) is 0.692. The first-order valence-corrected chi connectivity index (χ1v) is 7.79. The van der Waals surface area contributed by atoms with E-state index in [1.807, 2.05) is 19.0 Å². The van der Waals surface area contributed by atoms with Gasteiger partial charge >= 0.3 is 0 Å². The van der Waals surface area contributed by atoms with E-state index < -0.39 is 0 Å². The number of thiazole rings is 1. The number of amides is 1. The summed E-state index contributed by atoms with van der Waals surface area (Å²) in [6, 6.07) is 0.209. The van der Waals surface area contributed by atoms with Crippen LogP contribution >= 0.6 is 11.3 Å². The third-order valence-electron chi connectivity index (χ3n) is 3.52. The van der Waals surface area contributed by atoms with Gasteiger partial charge in [0.2, 0.25) is 0 Å². The summed E-state index contributed by atoms with van der Waals surface area (Å²) in [4.78, 5) is 21.2. The number of nitrogens with two attached hydrogens (primary N) is 1. The van der Waals surface area contributed by atoms with Crippen LogP contribution in [0.15, 0.2) is 0 Å². The Morgan fingerprint density at radius 3 is 2.95 bits per heavy atom. The lowest BCUT2D eigenvalue weighted by Crippen LogP contribution is -2.47. The summed E-state index contributed by atoms with van der Waals surface area (Å²) >= 11 is 1.34. The van der Waals surface area contributed by atoms with E-state index in [0.717, 1.165) is 37.6 Å². The Kier molecular flexibility index (Phi) is 4.82. The lowest BCUT2D eigenvalue weighted by molar-refractivity contribution is 0.0910. The molecular weight excluding hydrogens is 274 g/mol. The topological polar surface area (TPSA) is 74.5 Å². The number of hydrogen-bond acceptors (Lipinski definition) is 6. The van der Waals surface area contributed by atoms with Gasteiger partial charge in [-0.1, -0.05) is 18.3 Å². The van der Waals surface area contributed by atoms with E-state index in [9.17, 15) is 4.79 Å². The molecule has 1 saturated heterocycles. The van der Waals surface area contributed by atoms with Gasteiger partial charge < -0.3 is 20.9 Å². The first kappa shape index (κ1) is 15.1. The van der Waals surface area contributed by atoms with Gasteiger partial charge in [-0.2, -0.15) is 0 Å². The number of carbonyl (C=O) groups excluding carboxylic acids is 1. The van der Waals surface area contributed by atoms with Gasteiger partial charge in [-0.15, -0.1) is 0 Å². The largest absolute Gasteiger partial charge is 0.382 e. The molecule has 0 saturated carbocycles. The molecule has 7 heteroatoms. The SMILES string of the molecule is CCN1CCCC(NC(=O)c2sc(N(C)C)nc2N)C1. The van der Waals surface area contributed by atoms with Gasteiger partial charge in [-0.05, 0) is 25.9 Å². The minimum absolute atomic E-state index is 0.101. The molecule has 1 aromatic heterocycles. The molecule has 112 valence electrons. The zero-order valence-electron chi connectivity index (χ0n) is 12.3. The smallest absolute Gasteiger partial charge is 0.265 e. The number of likely N-dealkylation sites (tertiary alicyclic amines) is 1. The molecule has 1 aliphatic heterocycles. The Labute approximate surface area is 124 Å². The van der Waals surface area contributed by atoms with Crippen molar-refractivity contribution < 1.29 is 4.79 Å². The van der Waals surface area contributed by atoms with Crippen molar-refractivity contribution in [3.05, 3.63) is 4.88 Å². The number of nitrogen functional groups attached to an aromatic ring is 1. The Hall–Kier alpha value is -1.34. The summed E-state index contributed by atoms with van der Waals surface area (Å²) in [6.07, 6.45) is 2.15. The molecule has 0 radical (unpaired) electrons. The molecule has 1 aliphatic rings. The molecule has 0 spiro atoms. The van der Waals surface area contributed by atoms with Gasteiger partial charge in [-0.3, -0.25) is 4.79 Å². The van der Waals surface area contributed by atoms with Crippen LogP contribution in [0.3, 0.4) is 0 Å². The van der Waals surface area contributed by atoms with Crippen molar-refractivity contribution in [2.45, 2.75) is 25.8 Å². The molecule has 0 bridgehead atoms. The average Bonchev–Trinajstić information content (AvgIpc) is 2.81. The molecule has 0 aromatic carbocycles. The van der Waals surface area contributed by atoms with Crippen molar-refractivity contribution in [1.82, 2.24) is 15.2 Å². The van der Waals surface area contributed by atoms with Crippen molar-refractivity contribution in [2.75, 3.05) is 44.4 Å². The predicted molar refractivity (Wildman–Crippen MR) is 83.5 cm³/mol. The second-order valence-electron chi connectivity index (χ2n) is 5.31. The van der Waals surface area contributed by atoms with Crippen LogP contribution in [0, 0.1) is 0 Å². The second kappa shape index (κ2) is 6.41. The Morgan fingerprint density at radius 1 is 1.60 bits per heavy atom. The first-order valence-electron chi connectivity index (χ1n) is 6.98. The van der Waals surface area contributed by atoms with Crippen molar-refractivity contribution in [2.24, 2.45) is 0 Å².